The van der Waals surface area contributed by atoms with E-state index >= 15 is 0 Å². The molecule has 0 aromatic rings. The molecule has 0 N–H and O–H groups in total. The highest BCUT2D eigenvalue weighted by molar-refractivity contribution is 4.69. The number of ether oxygens (including phenoxy) is 2. The molecule has 0 amide bonds. The van der Waals surface area contributed by atoms with Crippen LogP contribution in [0.4, 0.5) is 0 Å². The predicted octanol–water partition coefficient (Wildman–Crippen LogP) is 4.96. The zero-order valence-electron chi connectivity index (χ0n) is 13.6. The zero-order chi connectivity index (χ0) is 14.2. The van der Waals surface area contributed by atoms with Crippen LogP contribution in [0.2, 0.25) is 0 Å². The van der Waals surface area contributed by atoms with Gasteiger partial charge in [-0.05, 0) is 48.0 Å². The molecule has 1 atom stereocenters. The smallest absolute Gasteiger partial charge is 0.0815 e. The van der Waals surface area contributed by atoms with Gasteiger partial charge in [0.2, 0.25) is 0 Å². The molecule has 0 aliphatic carbocycles. The van der Waals surface area contributed by atoms with Crippen molar-refractivity contribution in [2.75, 3.05) is 6.61 Å². The molecule has 0 bridgehead atoms. The highest BCUT2D eigenvalue weighted by Gasteiger charge is 2.21. The Labute approximate surface area is 114 Å². The Kier molecular flexibility index (Phi) is 8.13. The van der Waals surface area contributed by atoms with Gasteiger partial charge in [0.15, 0.2) is 0 Å². The summed E-state index contributed by atoms with van der Waals surface area (Å²) in [6, 6.07) is 0. The van der Waals surface area contributed by atoms with E-state index in [-0.39, 0.29) is 17.3 Å². The lowest BCUT2D eigenvalue weighted by Gasteiger charge is -2.30. The second-order valence-electron chi connectivity index (χ2n) is 7.12. The molecular weight excluding hydrogens is 224 g/mol. The standard InChI is InChI=1S/C16H34O2/c1-8-9-10-11-12-14(18-16(5,6)7)13-17-15(2,3)4/h14H,8-13H2,1-7H3. The average molecular weight is 258 g/mol. The van der Waals surface area contributed by atoms with E-state index in [0.717, 1.165) is 6.42 Å². The van der Waals surface area contributed by atoms with Crippen LogP contribution >= 0.6 is 0 Å². The van der Waals surface area contributed by atoms with E-state index in [1.807, 2.05) is 0 Å². The van der Waals surface area contributed by atoms with Crippen molar-refractivity contribution in [3.63, 3.8) is 0 Å². The molecule has 1 unspecified atom stereocenters. The summed E-state index contributed by atoms with van der Waals surface area (Å²) in [5, 5.41) is 0. The second kappa shape index (κ2) is 8.16. The molecule has 0 aliphatic heterocycles. The van der Waals surface area contributed by atoms with Crippen LogP contribution in [-0.2, 0) is 9.47 Å². The molecule has 0 fully saturated rings. The Hall–Kier alpha value is -0.0800. The fourth-order valence-electron chi connectivity index (χ4n) is 1.82. The third kappa shape index (κ3) is 12.4. The summed E-state index contributed by atoms with van der Waals surface area (Å²) in [5.74, 6) is 0. The van der Waals surface area contributed by atoms with Gasteiger partial charge in [0, 0.05) is 0 Å². The molecule has 0 aromatic carbocycles. The fraction of sp³-hybridized carbons (Fsp3) is 1.00. The molecular formula is C16H34O2. The average Bonchev–Trinajstić information content (AvgIpc) is 2.17. The third-order valence-corrected chi connectivity index (χ3v) is 2.60. The first kappa shape index (κ1) is 17.9. The summed E-state index contributed by atoms with van der Waals surface area (Å²) in [6.45, 7) is 15.6. The van der Waals surface area contributed by atoms with Crippen LogP contribution in [0.3, 0.4) is 0 Å². The quantitative estimate of drug-likeness (QED) is 0.573. The third-order valence-electron chi connectivity index (χ3n) is 2.60. The zero-order valence-corrected chi connectivity index (χ0v) is 13.6. The van der Waals surface area contributed by atoms with E-state index in [9.17, 15) is 0 Å². The van der Waals surface area contributed by atoms with Gasteiger partial charge in [-0.25, -0.2) is 0 Å². The molecule has 0 saturated carbocycles. The van der Waals surface area contributed by atoms with Gasteiger partial charge in [0.25, 0.3) is 0 Å². The highest BCUT2D eigenvalue weighted by Crippen LogP contribution is 2.18. The van der Waals surface area contributed by atoms with Gasteiger partial charge in [-0.1, -0.05) is 32.6 Å². The van der Waals surface area contributed by atoms with Crippen molar-refractivity contribution in [2.45, 2.75) is 97.9 Å². The summed E-state index contributed by atoms with van der Waals surface area (Å²) in [5.41, 5.74) is -0.167. The first-order valence-corrected chi connectivity index (χ1v) is 7.46. The van der Waals surface area contributed by atoms with Crippen LogP contribution in [0.5, 0.6) is 0 Å². The first-order valence-electron chi connectivity index (χ1n) is 7.46. The van der Waals surface area contributed by atoms with E-state index in [4.69, 9.17) is 9.47 Å². The van der Waals surface area contributed by atoms with Crippen LogP contribution in [0.15, 0.2) is 0 Å². The second-order valence-corrected chi connectivity index (χ2v) is 7.12. The SMILES string of the molecule is CCCCCCC(COC(C)(C)C)OC(C)(C)C. The Balaban J connectivity index is 4.08. The highest BCUT2D eigenvalue weighted by atomic mass is 16.6. The fourth-order valence-corrected chi connectivity index (χ4v) is 1.82. The number of rotatable bonds is 8. The van der Waals surface area contributed by atoms with Crippen LogP contribution < -0.4 is 0 Å². The van der Waals surface area contributed by atoms with Crippen molar-refractivity contribution in [1.29, 1.82) is 0 Å². The molecule has 18 heavy (non-hydrogen) atoms. The Morgan fingerprint density at radius 1 is 0.833 bits per heavy atom. The molecule has 0 rings (SSSR count). The molecule has 0 aromatic heterocycles. The van der Waals surface area contributed by atoms with Crippen molar-refractivity contribution < 1.29 is 9.47 Å². The van der Waals surface area contributed by atoms with Gasteiger partial charge in [0.05, 0.1) is 23.9 Å². The monoisotopic (exact) mass is 258 g/mol. The van der Waals surface area contributed by atoms with Gasteiger partial charge in [-0.3, -0.25) is 0 Å². The normalized spacial score (nSPS) is 14.8. The van der Waals surface area contributed by atoms with Gasteiger partial charge in [0.1, 0.15) is 0 Å². The van der Waals surface area contributed by atoms with Crippen LogP contribution in [0.25, 0.3) is 0 Å². The molecule has 0 saturated heterocycles. The number of hydrogen-bond donors (Lipinski definition) is 0. The first-order chi connectivity index (χ1) is 8.14. The number of hydrogen-bond acceptors (Lipinski definition) is 2. The lowest BCUT2D eigenvalue weighted by molar-refractivity contribution is -0.122. The molecule has 0 radical (unpaired) electrons. The van der Waals surface area contributed by atoms with E-state index in [0.29, 0.717) is 6.61 Å². The number of unbranched alkanes of at least 4 members (excludes halogenated alkanes) is 3. The van der Waals surface area contributed by atoms with Gasteiger partial charge in [-0.2, -0.15) is 0 Å². The minimum atomic E-state index is -0.0866. The topological polar surface area (TPSA) is 18.5 Å². The van der Waals surface area contributed by atoms with Crippen molar-refractivity contribution in [3.05, 3.63) is 0 Å². The molecule has 110 valence electrons. The van der Waals surface area contributed by atoms with E-state index < -0.39 is 0 Å². The predicted molar refractivity (Wildman–Crippen MR) is 79.1 cm³/mol. The maximum atomic E-state index is 6.09. The summed E-state index contributed by atoms with van der Waals surface area (Å²) in [6.07, 6.45) is 6.47. The van der Waals surface area contributed by atoms with Crippen molar-refractivity contribution >= 4 is 0 Å². The lowest BCUT2D eigenvalue weighted by atomic mass is 10.1. The Bertz CT molecular complexity index is 198. The Morgan fingerprint density at radius 3 is 1.89 bits per heavy atom. The van der Waals surface area contributed by atoms with Gasteiger partial charge < -0.3 is 9.47 Å². The summed E-state index contributed by atoms with van der Waals surface area (Å²) < 4.78 is 12.0. The van der Waals surface area contributed by atoms with E-state index in [2.05, 4.69) is 48.5 Å². The lowest BCUT2D eigenvalue weighted by Crippen LogP contribution is -2.33. The Morgan fingerprint density at radius 2 is 1.44 bits per heavy atom. The molecule has 0 spiro atoms. The van der Waals surface area contributed by atoms with E-state index in [1.165, 1.54) is 25.7 Å². The summed E-state index contributed by atoms with van der Waals surface area (Å²) in [7, 11) is 0. The maximum Gasteiger partial charge on any atom is 0.0815 e. The van der Waals surface area contributed by atoms with Gasteiger partial charge >= 0.3 is 0 Å². The summed E-state index contributed by atoms with van der Waals surface area (Å²) >= 11 is 0. The van der Waals surface area contributed by atoms with Crippen molar-refractivity contribution in [1.82, 2.24) is 0 Å². The van der Waals surface area contributed by atoms with Crippen LogP contribution in [-0.4, -0.2) is 23.9 Å². The van der Waals surface area contributed by atoms with Gasteiger partial charge in [-0.15, -0.1) is 0 Å². The molecule has 0 aliphatic rings. The largest absolute Gasteiger partial charge is 0.373 e. The van der Waals surface area contributed by atoms with Crippen molar-refractivity contribution in [3.8, 4) is 0 Å². The van der Waals surface area contributed by atoms with Crippen molar-refractivity contribution in [2.24, 2.45) is 0 Å². The van der Waals surface area contributed by atoms with E-state index in [1.54, 1.807) is 0 Å². The van der Waals surface area contributed by atoms with Crippen LogP contribution in [0.1, 0.15) is 80.6 Å². The molecule has 2 heteroatoms. The summed E-state index contributed by atoms with van der Waals surface area (Å²) in [4.78, 5) is 0. The minimum absolute atomic E-state index is 0.0804. The maximum absolute atomic E-state index is 6.09. The molecule has 0 heterocycles. The molecule has 2 nitrogen and oxygen atoms in total. The van der Waals surface area contributed by atoms with Crippen LogP contribution in [0, 0.1) is 0 Å². The minimum Gasteiger partial charge on any atom is -0.373 e.